The van der Waals surface area contributed by atoms with Gasteiger partial charge in [-0.25, -0.2) is 0 Å². The van der Waals surface area contributed by atoms with Gasteiger partial charge in [0.2, 0.25) is 6.10 Å². The number of hydrogen-bond acceptors (Lipinski definition) is 4. The average molecular weight is 381 g/mol. The highest BCUT2D eigenvalue weighted by Crippen LogP contribution is 2.30. The molecule has 0 bridgehead atoms. The van der Waals surface area contributed by atoms with E-state index < -0.39 is 12.0 Å². The molecular weight excluding hydrogens is 354 g/mol. The summed E-state index contributed by atoms with van der Waals surface area (Å²) < 4.78 is 11.0. The zero-order chi connectivity index (χ0) is 19.9. The van der Waals surface area contributed by atoms with Crippen LogP contribution in [0.1, 0.15) is 49.3 Å². The van der Waals surface area contributed by atoms with Gasteiger partial charge in [0, 0.05) is 12.0 Å². The summed E-state index contributed by atoms with van der Waals surface area (Å²) in [7, 11) is 1.55. The van der Waals surface area contributed by atoms with Gasteiger partial charge in [-0.2, -0.15) is 0 Å². The van der Waals surface area contributed by atoms with Gasteiger partial charge in [0.15, 0.2) is 0 Å². The Morgan fingerprint density at radius 2 is 1.82 bits per heavy atom. The Labute approximate surface area is 166 Å². The van der Waals surface area contributed by atoms with Crippen LogP contribution in [0.3, 0.4) is 0 Å². The number of esters is 1. The number of carbonyl (C=O) groups excluding carboxylic acids is 2. The third kappa shape index (κ3) is 5.12. The van der Waals surface area contributed by atoms with Crippen molar-refractivity contribution in [2.45, 2.75) is 45.1 Å². The van der Waals surface area contributed by atoms with Crippen LogP contribution < -0.4 is 10.1 Å². The van der Waals surface area contributed by atoms with Gasteiger partial charge in [-0.05, 0) is 43.4 Å². The summed E-state index contributed by atoms with van der Waals surface area (Å²) in [4.78, 5) is 25.5. The van der Waals surface area contributed by atoms with Crippen LogP contribution in [0, 0.1) is 12.8 Å². The zero-order valence-corrected chi connectivity index (χ0v) is 16.4. The van der Waals surface area contributed by atoms with E-state index in [-0.39, 0.29) is 5.97 Å². The minimum atomic E-state index is -1.000. The first-order valence-electron chi connectivity index (χ1n) is 9.76. The predicted molar refractivity (Wildman–Crippen MR) is 108 cm³/mol. The van der Waals surface area contributed by atoms with Crippen molar-refractivity contribution in [2.75, 3.05) is 12.4 Å². The van der Waals surface area contributed by atoms with Crippen LogP contribution in [0.5, 0.6) is 5.75 Å². The fraction of sp³-hybridized carbons (Fsp3) is 0.391. The third-order valence-corrected chi connectivity index (χ3v) is 5.13. The highest BCUT2D eigenvalue weighted by molar-refractivity contribution is 5.97. The van der Waals surface area contributed by atoms with Gasteiger partial charge in [0.1, 0.15) is 5.75 Å². The Morgan fingerprint density at radius 1 is 1.11 bits per heavy atom. The second-order valence-corrected chi connectivity index (χ2v) is 7.33. The third-order valence-electron chi connectivity index (χ3n) is 5.13. The second-order valence-electron chi connectivity index (χ2n) is 7.33. The van der Waals surface area contributed by atoms with Crippen LogP contribution in [0.15, 0.2) is 48.5 Å². The number of nitrogens with one attached hydrogen (secondary N) is 1. The Kier molecular flexibility index (Phi) is 6.69. The van der Waals surface area contributed by atoms with Gasteiger partial charge in [-0.15, -0.1) is 0 Å². The molecule has 148 valence electrons. The van der Waals surface area contributed by atoms with E-state index in [1.807, 2.05) is 37.3 Å². The number of ether oxygens (including phenoxy) is 2. The molecule has 0 saturated heterocycles. The van der Waals surface area contributed by atoms with Gasteiger partial charge >= 0.3 is 5.97 Å². The number of amides is 1. The van der Waals surface area contributed by atoms with Gasteiger partial charge in [0.05, 0.1) is 12.8 Å². The minimum Gasteiger partial charge on any atom is -0.495 e. The molecule has 1 saturated carbocycles. The normalized spacial score (nSPS) is 15.1. The van der Waals surface area contributed by atoms with E-state index >= 15 is 0 Å². The van der Waals surface area contributed by atoms with Crippen LogP contribution in [-0.2, 0) is 14.3 Å². The van der Waals surface area contributed by atoms with E-state index in [1.54, 1.807) is 25.3 Å². The highest BCUT2D eigenvalue weighted by atomic mass is 16.5. The lowest BCUT2D eigenvalue weighted by Crippen LogP contribution is -2.26. The Hall–Kier alpha value is -2.82. The van der Waals surface area contributed by atoms with Crippen LogP contribution in [0.2, 0.25) is 0 Å². The van der Waals surface area contributed by atoms with Crippen molar-refractivity contribution in [3.63, 3.8) is 0 Å². The van der Waals surface area contributed by atoms with Crippen LogP contribution in [-0.4, -0.2) is 19.0 Å². The number of benzene rings is 2. The molecule has 28 heavy (non-hydrogen) atoms. The molecule has 0 spiro atoms. The van der Waals surface area contributed by atoms with E-state index in [1.165, 1.54) is 0 Å². The molecular formula is C23H27NO4. The SMILES string of the molecule is COc1ccc(C)cc1NC(=O)[C@@H](OC(=O)CC1CCCC1)c1ccccc1. The van der Waals surface area contributed by atoms with Crippen molar-refractivity contribution in [1.82, 2.24) is 0 Å². The van der Waals surface area contributed by atoms with Crippen molar-refractivity contribution < 1.29 is 19.1 Å². The maximum absolute atomic E-state index is 13.0. The standard InChI is InChI=1S/C23H27NO4/c1-16-12-13-20(27-2)19(14-16)24-23(26)22(18-10-4-3-5-11-18)28-21(25)15-17-8-6-7-9-17/h3-5,10-14,17,22H,6-9,15H2,1-2H3,(H,24,26)/t22-/m0/s1. The molecule has 1 atom stereocenters. The largest absolute Gasteiger partial charge is 0.495 e. The van der Waals surface area contributed by atoms with Gasteiger partial charge < -0.3 is 14.8 Å². The summed E-state index contributed by atoms with van der Waals surface area (Å²) in [6.45, 7) is 1.94. The second kappa shape index (κ2) is 9.40. The van der Waals surface area contributed by atoms with E-state index in [2.05, 4.69) is 5.32 Å². The minimum absolute atomic E-state index is 0.327. The first-order valence-corrected chi connectivity index (χ1v) is 9.76. The Bertz CT molecular complexity index is 813. The molecule has 0 aliphatic heterocycles. The Morgan fingerprint density at radius 3 is 2.50 bits per heavy atom. The lowest BCUT2D eigenvalue weighted by molar-refractivity contribution is -0.155. The summed E-state index contributed by atoms with van der Waals surface area (Å²) in [6, 6.07) is 14.6. The lowest BCUT2D eigenvalue weighted by Gasteiger charge is -2.20. The number of aryl methyl sites for hydroxylation is 1. The van der Waals surface area contributed by atoms with Crippen molar-refractivity contribution in [2.24, 2.45) is 5.92 Å². The quantitative estimate of drug-likeness (QED) is 0.699. The van der Waals surface area contributed by atoms with Crippen LogP contribution in [0.4, 0.5) is 5.69 Å². The average Bonchev–Trinajstić information content (AvgIpc) is 3.20. The molecule has 2 aromatic carbocycles. The molecule has 1 aliphatic carbocycles. The van der Waals surface area contributed by atoms with Crippen molar-refractivity contribution >= 4 is 17.6 Å². The molecule has 2 aromatic rings. The van der Waals surface area contributed by atoms with Crippen molar-refractivity contribution in [1.29, 1.82) is 0 Å². The molecule has 3 rings (SSSR count). The van der Waals surface area contributed by atoms with Crippen LogP contribution >= 0.6 is 0 Å². The molecule has 1 fully saturated rings. The number of rotatable bonds is 7. The molecule has 0 radical (unpaired) electrons. The molecule has 5 nitrogen and oxygen atoms in total. The maximum Gasteiger partial charge on any atom is 0.307 e. The fourth-order valence-electron chi connectivity index (χ4n) is 3.65. The van der Waals surface area contributed by atoms with Gasteiger partial charge in [-0.1, -0.05) is 49.2 Å². The van der Waals surface area contributed by atoms with Gasteiger partial charge in [0.25, 0.3) is 5.91 Å². The van der Waals surface area contributed by atoms with Crippen molar-refractivity contribution in [3.05, 3.63) is 59.7 Å². The maximum atomic E-state index is 13.0. The lowest BCUT2D eigenvalue weighted by atomic mass is 10.0. The first kappa shape index (κ1) is 19.9. The number of anilines is 1. The molecule has 5 heteroatoms. The van der Waals surface area contributed by atoms with Crippen molar-refractivity contribution in [3.8, 4) is 5.75 Å². The van der Waals surface area contributed by atoms with Gasteiger partial charge in [-0.3, -0.25) is 9.59 Å². The monoisotopic (exact) mass is 381 g/mol. The molecule has 0 unspecified atom stereocenters. The molecule has 0 heterocycles. The molecule has 1 aliphatic rings. The summed E-state index contributed by atoms with van der Waals surface area (Å²) in [5, 5.41) is 2.86. The van der Waals surface area contributed by atoms with E-state index in [0.29, 0.717) is 29.3 Å². The number of hydrogen-bond donors (Lipinski definition) is 1. The zero-order valence-electron chi connectivity index (χ0n) is 16.4. The molecule has 0 aromatic heterocycles. The van der Waals surface area contributed by atoms with E-state index in [0.717, 1.165) is 31.2 Å². The molecule has 1 N–H and O–H groups in total. The number of carbonyl (C=O) groups is 2. The topological polar surface area (TPSA) is 64.6 Å². The smallest absolute Gasteiger partial charge is 0.307 e. The Balaban J connectivity index is 1.77. The van der Waals surface area contributed by atoms with E-state index in [9.17, 15) is 9.59 Å². The molecule has 1 amide bonds. The summed E-state index contributed by atoms with van der Waals surface area (Å²) in [6.07, 6.45) is 3.79. The summed E-state index contributed by atoms with van der Waals surface area (Å²) in [5.74, 6) is 0.203. The summed E-state index contributed by atoms with van der Waals surface area (Å²) >= 11 is 0. The summed E-state index contributed by atoms with van der Waals surface area (Å²) in [5.41, 5.74) is 2.19. The van der Waals surface area contributed by atoms with Crippen LogP contribution in [0.25, 0.3) is 0 Å². The predicted octanol–water partition coefficient (Wildman–Crippen LogP) is 4.81. The highest BCUT2D eigenvalue weighted by Gasteiger charge is 2.28. The first-order chi connectivity index (χ1) is 13.6. The van der Waals surface area contributed by atoms with E-state index in [4.69, 9.17) is 9.47 Å². The number of methoxy groups -OCH3 is 1. The fourth-order valence-corrected chi connectivity index (χ4v) is 3.65.